The minimum absolute atomic E-state index is 0.592. The average molecular weight is 205 g/mol. The lowest BCUT2D eigenvalue weighted by Gasteiger charge is -2.17. The molecule has 15 heavy (non-hydrogen) atoms. The van der Waals surface area contributed by atoms with Crippen LogP contribution >= 0.6 is 0 Å². The van der Waals surface area contributed by atoms with E-state index in [0.29, 0.717) is 11.3 Å². The molecule has 1 aromatic rings. The molecule has 0 aliphatic carbocycles. The van der Waals surface area contributed by atoms with Gasteiger partial charge >= 0.3 is 0 Å². The Morgan fingerprint density at radius 1 is 1.47 bits per heavy atom. The molecule has 0 aliphatic rings. The molecule has 4 nitrogen and oxygen atoms in total. The molecule has 0 radical (unpaired) electrons. The molecule has 0 saturated carbocycles. The maximum Gasteiger partial charge on any atom is 0.150 e. The fourth-order valence-electron chi connectivity index (χ4n) is 1.27. The zero-order valence-electron chi connectivity index (χ0n) is 8.90. The van der Waals surface area contributed by atoms with Crippen LogP contribution in [0.25, 0.3) is 0 Å². The average Bonchev–Trinajstić information content (AvgIpc) is 2.17. The van der Waals surface area contributed by atoms with E-state index in [1.165, 1.54) is 5.01 Å². The van der Waals surface area contributed by atoms with E-state index in [9.17, 15) is 4.79 Å². The summed E-state index contributed by atoms with van der Waals surface area (Å²) in [7, 11) is 0. The van der Waals surface area contributed by atoms with Gasteiger partial charge < -0.3 is 5.73 Å². The van der Waals surface area contributed by atoms with E-state index in [1.54, 1.807) is 25.3 Å². The van der Waals surface area contributed by atoms with Gasteiger partial charge in [0.2, 0.25) is 0 Å². The second kappa shape index (κ2) is 4.61. The number of carbonyl (C=O) groups excluding carboxylic acids is 1. The van der Waals surface area contributed by atoms with Crippen LogP contribution < -0.4 is 16.6 Å². The van der Waals surface area contributed by atoms with Gasteiger partial charge in [-0.2, -0.15) is 0 Å². The molecule has 0 aliphatic heterocycles. The van der Waals surface area contributed by atoms with Crippen molar-refractivity contribution in [1.82, 2.24) is 0 Å². The fourth-order valence-corrected chi connectivity index (χ4v) is 1.27. The van der Waals surface area contributed by atoms with Crippen molar-refractivity contribution in [3.8, 4) is 0 Å². The summed E-state index contributed by atoms with van der Waals surface area (Å²) in [5.41, 5.74) is 8.47. The maximum absolute atomic E-state index is 10.6. The predicted octanol–water partition coefficient (Wildman–Crippen LogP) is 1.31. The third kappa shape index (κ3) is 2.82. The highest BCUT2D eigenvalue weighted by atomic mass is 16.1. The highest BCUT2D eigenvalue weighted by Gasteiger charge is 2.04. The zero-order valence-corrected chi connectivity index (χ0v) is 8.90. The van der Waals surface area contributed by atoms with E-state index < -0.39 is 0 Å². The Bertz CT molecular complexity index is 395. The summed E-state index contributed by atoms with van der Waals surface area (Å²) in [6, 6.07) is 5.32. The monoisotopic (exact) mass is 205 g/mol. The number of allylic oxidation sites excluding steroid dienone is 1. The fraction of sp³-hybridized carbons (Fsp3) is 0.182. The summed E-state index contributed by atoms with van der Waals surface area (Å²) < 4.78 is 0. The van der Waals surface area contributed by atoms with E-state index in [0.717, 1.165) is 17.5 Å². The Labute approximate surface area is 89.1 Å². The van der Waals surface area contributed by atoms with E-state index in [-0.39, 0.29) is 0 Å². The first kappa shape index (κ1) is 11.3. The van der Waals surface area contributed by atoms with Crippen LogP contribution in [0.5, 0.6) is 0 Å². The van der Waals surface area contributed by atoms with Crippen molar-refractivity contribution in [3.63, 3.8) is 0 Å². The largest absolute Gasteiger partial charge is 0.401 e. The highest BCUT2D eigenvalue weighted by molar-refractivity contribution is 5.78. The van der Waals surface area contributed by atoms with Gasteiger partial charge in [0.05, 0.1) is 5.69 Å². The molecule has 0 saturated heterocycles. The number of aryl methyl sites for hydroxylation is 1. The molecule has 0 atom stereocenters. The van der Waals surface area contributed by atoms with Gasteiger partial charge in [-0.3, -0.25) is 9.80 Å². The molecule has 0 aromatic heterocycles. The number of hydrogen-bond acceptors (Lipinski definition) is 4. The number of anilines is 1. The van der Waals surface area contributed by atoms with Gasteiger partial charge in [0.15, 0.2) is 0 Å². The number of hydrazine groups is 1. The van der Waals surface area contributed by atoms with Crippen LogP contribution in [-0.2, 0) is 0 Å². The third-order valence-electron chi connectivity index (χ3n) is 1.99. The Hall–Kier alpha value is -1.81. The van der Waals surface area contributed by atoms with Crippen LogP contribution in [0.2, 0.25) is 0 Å². The maximum atomic E-state index is 10.6. The van der Waals surface area contributed by atoms with Crippen molar-refractivity contribution in [3.05, 3.63) is 41.2 Å². The SMILES string of the molecule is C/C(N)=C/N(N)c1cc(C=O)ccc1C. The molecule has 0 bridgehead atoms. The lowest BCUT2D eigenvalue weighted by molar-refractivity contribution is 0.112. The quantitative estimate of drug-likeness (QED) is 0.443. The minimum Gasteiger partial charge on any atom is -0.401 e. The van der Waals surface area contributed by atoms with E-state index >= 15 is 0 Å². The Balaban J connectivity index is 3.12. The van der Waals surface area contributed by atoms with Crippen molar-refractivity contribution >= 4 is 12.0 Å². The Morgan fingerprint density at radius 2 is 2.13 bits per heavy atom. The van der Waals surface area contributed by atoms with Crippen LogP contribution in [0.15, 0.2) is 30.1 Å². The number of carbonyl (C=O) groups is 1. The van der Waals surface area contributed by atoms with Gasteiger partial charge in [-0.05, 0) is 25.5 Å². The zero-order chi connectivity index (χ0) is 11.4. The number of rotatable bonds is 3. The molecule has 0 amide bonds. The number of hydrogen-bond donors (Lipinski definition) is 2. The van der Waals surface area contributed by atoms with Gasteiger partial charge in [-0.25, -0.2) is 5.84 Å². The van der Waals surface area contributed by atoms with E-state index in [1.807, 2.05) is 13.0 Å². The Kier molecular flexibility index (Phi) is 3.46. The van der Waals surface area contributed by atoms with Crippen molar-refractivity contribution in [2.75, 3.05) is 5.01 Å². The highest BCUT2D eigenvalue weighted by Crippen LogP contribution is 2.19. The molecule has 0 fully saturated rings. The summed E-state index contributed by atoms with van der Waals surface area (Å²) in [5, 5.41) is 1.41. The molecule has 80 valence electrons. The molecule has 4 heteroatoms. The van der Waals surface area contributed by atoms with E-state index in [2.05, 4.69) is 0 Å². The lowest BCUT2D eigenvalue weighted by Crippen LogP contribution is -2.26. The van der Waals surface area contributed by atoms with Crippen molar-refractivity contribution in [2.45, 2.75) is 13.8 Å². The van der Waals surface area contributed by atoms with Crippen molar-refractivity contribution in [2.24, 2.45) is 11.6 Å². The second-order valence-corrected chi connectivity index (χ2v) is 3.44. The number of benzene rings is 1. The third-order valence-corrected chi connectivity index (χ3v) is 1.99. The van der Waals surface area contributed by atoms with Gasteiger partial charge in [-0.1, -0.05) is 12.1 Å². The first-order chi connectivity index (χ1) is 7.04. The van der Waals surface area contributed by atoms with Crippen LogP contribution in [0, 0.1) is 6.92 Å². The van der Waals surface area contributed by atoms with Gasteiger partial charge in [0.1, 0.15) is 6.29 Å². The van der Waals surface area contributed by atoms with Crippen LogP contribution in [-0.4, -0.2) is 6.29 Å². The molecular formula is C11H15N3O. The number of nitrogens with zero attached hydrogens (tertiary/aromatic N) is 1. The predicted molar refractivity (Wildman–Crippen MR) is 61.2 cm³/mol. The van der Waals surface area contributed by atoms with Gasteiger partial charge in [0.25, 0.3) is 0 Å². The summed E-state index contributed by atoms with van der Waals surface area (Å²) in [4.78, 5) is 10.6. The molecule has 4 N–H and O–H groups in total. The first-order valence-corrected chi connectivity index (χ1v) is 4.58. The van der Waals surface area contributed by atoms with E-state index in [4.69, 9.17) is 11.6 Å². The van der Waals surface area contributed by atoms with Gasteiger partial charge in [0, 0.05) is 17.5 Å². The normalized spacial score (nSPS) is 11.3. The molecule has 1 aromatic carbocycles. The topological polar surface area (TPSA) is 72.3 Å². The van der Waals surface area contributed by atoms with Crippen LogP contribution in [0.3, 0.4) is 0 Å². The molecular weight excluding hydrogens is 190 g/mol. The summed E-state index contributed by atoms with van der Waals surface area (Å²) in [6.07, 6.45) is 2.40. The lowest BCUT2D eigenvalue weighted by atomic mass is 10.1. The standard InChI is InChI=1S/C11H15N3O/c1-8-3-4-10(7-15)5-11(8)14(13)6-9(2)12/h3-7H,12-13H2,1-2H3/b9-6-. The van der Waals surface area contributed by atoms with Crippen molar-refractivity contribution in [1.29, 1.82) is 0 Å². The second-order valence-electron chi connectivity index (χ2n) is 3.44. The number of aldehydes is 1. The number of nitrogens with two attached hydrogens (primary N) is 2. The van der Waals surface area contributed by atoms with Crippen molar-refractivity contribution < 1.29 is 4.79 Å². The molecule has 0 spiro atoms. The van der Waals surface area contributed by atoms with Crippen LogP contribution in [0.1, 0.15) is 22.8 Å². The molecule has 0 heterocycles. The smallest absolute Gasteiger partial charge is 0.150 e. The summed E-state index contributed by atoms with van der Waals surface area (Å²) in [6.45, 7) is 3.67. The van der Waals surface area contributed by atoms with Gasteiger partial charge in [-0.15, -0.1) is 0 Å². The Morgan fingerprint density at radius 3 is 2.67 bits per heavy atom. The minimum atomic E-state index is 0.592. The van der Waals surface area contributed by atoms with Crippen LogP contribution in [0.4, 0.5) is 5.69 Å². The summed E-state index contributed by atoms with van der Waals surface area (Å²) in [5.74, 6) is 5.78. The summed E-state index contributed by atoms with van der Waals surface area (Å²) >= 11 is 0. The molecule has 1 rings (SSSR count). The first-order valence-electron chi connectivity index (χ1n) is 4.58. The molecule has 0 unspecified atom stereocenters.